The van der Waals surface area contributed by atoms with Crippen LogP contribution in [0.3, 0.4) is 0 Å². The molecule has 4 aromatic carbocycles. The van der Waals surface area contributed by atoms with Crippen molar-refractivity contribution in [2.45, 2.75) is 155 Å². The van der Waals surface area contributed by atoms with E-state index in [0.717, 1.165) is 68.1 Å². The fraction of sp³-hybridized carbons (Fsp3) is 0.429. The maximum absolute atomic E-state index is 15.2. The lowest BCUT2D eigenvalue weighted by molar-refractivity contribution is -0.138. The number of anilines is 2. The zero-order chi connectivity index (χ0) is 60.3. The van der Waals surface area contributed by atoms with E-state index in [2.05, 4.69) is 72.8 Å². The van der Waals surface area contributed by atoms with Crippen LogP contribution in [-0.2, 0) is 23.9 Å². The first kappa shape index (κ1) is 63.0. The largest absolute Gasteiger partial charge is 0.381 e. The van der Waals surface area contributed by atoms with Crippen molar-refractivity contribution in [3.05, 3.63) is 191 Å². The van der Waals surface area contributed by atoms with Gasteiger partial charge in [-0.05, 0) is 151 Å². The molecular formula is C70H86N8O7. The Balaban J connectivity index is 0.987. The van der Waals surface area contributed by atoms with E-state index in [0.29, 0.717) is 92.0 Å². The summed E-state index contributed by atoms with van der Waals surface area (Å²) in [5.74, 6) is -1.70. The second kappa shape index (κ2) is 30.2. The van der Waals surface area contributed by atoms with Crippen molar-refractivity contribution in [3.8, 4) is 0 Å². The molecule has 6 aromatic rings. The van der Waals surface area contributed by atoms with E-state index in [4.69, 9.17) is 4.74 Å². The molecule has 5 atom stereocenters. The highest BCUT2D eigenvalue weighted by Gasteiger charge is 2.39. The zero-order valence-corrected chi connectivity index (χ0v) is 50.5. The minimum atomic E-state index is -1.05. The molecule has 15 heteroatoms. The number of hydrogen-bond donors (Lipinski definition) is 4. The molecule has 2 aromatic heterocycles. The molecule has 0 aliphatic carbocycles. The Labute approximate surface area is 502 Å². The van der Waals surface area contributed by atoms with Gasteiger partial charge >= 0.3 is 0 Å². The van der Waals surface area contributed by atoms with E-state index < -0.39 is 29.9 Å². The van der Waals surface area contributed by atoms with Crippen LogP contribution in [-0.4, -0.2) is 81.5 Å². The standard InChI is InChI=1S/C70H86N8O7/c1-69(2,3)37-14-8-11-30-61(79)73-57-27-17-23-53(43-57)65(81)75-63(50-21-9-7-10-22-50)68(84)78-41-36-52(45-60(78)56-26-20-39-72-47-56)49-32-34-51(35-33-49)64(67(83)77-40-15-12-29-59(77)55-25-19-38-71-46-55)76-66(82)54-24-18-28-58(44-54)74-62(80)31-13-16-42-85-48-70(4,5)6/h7,9-10,17-28,32-35,38-39,43-44,46-47,52,59-60,63-64H,8,11-16,29-31,36-37,40-42,45,48H2,1-6H3,(H,73,79)(H,74,80)(H,75,81)(H,76,82)/t52?,59-,60-,63+,64+/m1/s1. The highest BCUT2D eigenvalue weighted by molar-refractivity contribution is 6.01. The molecule has 0 radical (unpaired) electrons. The van der Waals surface area contributed by atoms with Crippen molar-refractivity contribution in [1.82, 2.24) is 30.4 Å². The quantitative estimate of drug-likeness (QED) is 0.0427. The lowest BCUT2D eigenvalue weighted by atomic mass is 9.82. The predicted molar refractivity (Wildman–Crippen MR) is 333 cm³/mol. The summed E-state index contributed by atoms with van der Waals surface area (Å²) in [5.41, 5.74) is 5.96. The predicted octanol–water partition coefficient (Wildman–Crippen LogP) is 13.4. The molecule has 85 heavy (non-hydrogen) atoms. The molecule has 448 valence electrons. The molecule has 15 nitrogen and oxygen atoms in total. The van der Waals surface area contributed by atoms with E-state index in [1.807, 2.05) is 88.7 Å². The van der Waals surface area contributed by atoms with Gasteiger partial charge in [0.15, 0.2) is 0 Å². The lowest BCUT2D eigenvalue weighted by Crippen LogP contribution is -2.47. The molecule has 0 bridgehead atoms. The van der Waals surface area contributed by atoms with Crippen LogP contribution >= 0.6 is 0 Å². The minimum Gasteiger partial charge on any atom is -0.381 e. The van der Waals surface area contributed by atoms with Crippen molar-refractivity contribution in [1.29, 1.82) is 0 Å². The number of carbonyl (C=O) groups excluding carboxylic acids is 6. The Bertz CT molecular complexity index is 3160. The van der Waals surface area contributed by atoms with Crippen molar-refractivity contribution in [2.75, 3.05) is 36.9 Å². The Morgan fingerprint density at radius 3 is 1.65 bits per heavy atom. The topological polar surface area (TPSA) is 192 Å². The molecule has 8 rings (SSSR count). The average molecular weight is 1150 g/mol. The first-order valence-corrected chi connectivity index (χ1v) is 30.4. The number of likely N-dealkylation sites (tertiary alicyclic amines) is 2. The maximum atomic E-state index is 15.2. The maximum Gasteiger partial charge on any atom is 0.252 e. The number of unbranched alkanes of at least 4 members (excludes halogenated alkanes) is 3. The molecule has 2 aliphatic heterocycles. The molecule has 1 unspecified atom stereocenters. The summed E-state index contributed by atoms with van der Waals surface area (Å²) in [6, 6.07) is 35.7. The van der Waals surface area contributed by atoms with Crippen molar-refractivity contribution < 1.29 is 33.5 Å². The van der Waals surface area contributed by atoms with Crippen LogP contribution in [0, 0.1) is 10.8 Å². The van der Waals surface area contributed by atoms with Crippen LogP contribution < -0.4 is 21.3 Å². The van der Waals surface area contributed by atoms with Gasteiger partial charge in [-0.3, -0.25) is 38.7 Å². The van der Waals surface area contributed by atoms with Crippen molar-refractivity contribution >= 4 is 46.8 Å². The van der Waals surface area contributed by atoms with Gasteiger partial charge < -0.3 is 35.8 Å². The van der Waals surface area contributed by atoms with Gasteiger partial charge in [0.05, 0.1) is 18.7 Å². The van der Waals surface area contributed by atoms with Gasteiger partial charge in [0, 0.05) is 79.8 Å². The number of nitrogens with one attached hydrogen (secondary N) is 4. The second-order valence-electron chi connectivity index (χ2n) is 25.2. The third-order valence-electron chi connectivity index (χ3n) is 15.9. The zero-order valence-electron chi connectivity index (χ0n) is 50.5. The average Bonchev–Trinajstić information content (AvgIpc) is 2.00. The molecule has 4 N–H and O–H groups in total. The fourth-order valence-corrected chi connectivity index (χ4v) is 11.4. The van der Waals surface area contributed by atoms with Crippen LogP contribution in [0.2, 0.25) is 0 Å². The molecule has 0 spiro atoms. The number of pyridine rings is 2. The molecule has 2 aliphatic rings. The Kier molecular flexibility index (Phi) is 22.4. The molecule has 0 saturated carbocycles. The molecule has 6 amide bonds. The highest BCUT2D eigenvalue weighted by atomic mass is 16.5. The summed E-state index contributed by atoms with van der Waals surface area (Å²) in [5, 5.41) is 12.1. The van der Waals surface area contributed by atoms with E-state index in [1.54, 1.807) is 73.3 Å². The normalized spacial score (nSPS) is 17.0. The molecule has 2 saturated heterocycles. The number of amides is 6. The van der Waals surface area contributed by atoms with Crippen LogP contribution in [0.15, 0.2) is 152 Å². The number of aromatic nitrogens is 2. The number of piperidine rings is 2. The number of ether oxygens (including phenoxy) is 1. The third kappa shape index (κ3) is 18.7. The van der Waals surface area contributed by atoms with E-state index in [9.17, 15) is 19.2 Å². The summed E-state index contributed by atoms with van der Waals surface area (Å²) in [6.45, 7) is 15.1. The van der Waals surface area contributed by atoms with Crippen LogP contribution in [0.4, 0.5) is 11.4 Å². The van der Waals surface area contributed by atoms with Crippen LogP contribution in [0.25, 0.3) is 0 Å². The van der Waals surface area contributed by atoms with Gasteiger partial charge in [-0.2, -0.15) is 0 Å². The van der Waals surface area contributed by atoms with Gasteiger partial charge in [0.1, 0.15) is 12.1 Å². The Hall–Kier alpha value is -8.04. The number of carbonyl (C=O) groups is 6. The smallest absolute Gasteiger partial charge is 0.252 e. The fourth-order valence-electron chi connectivity index (χ4n) is 11.4. The summed E-state index contributed by atoms with van der Waals surface area (Å²) < 4.78 is 5.77. The number of hydrogen-bond acceptors (Lipinski definition) is 9. The number of nitrogens with zero attached hydrogens (tertiary/aromatic N) is 4. The van der Waals surface area contributed by atoms with Gasteiger partial charge in [-0.1, -0.05) is 133 Å². The molecule has 2 fully saturated rings. The second-order valence-corrected chi connectivity index (χ2v) is 25.2. The van der Waals surface area contributed by atoms with Gasteiger partial charge in [-0.25, -0.2) is 0 Å². The summed E-state index contributed by atoms with van der Waals surface area (Å²) in [6.07, 6.45) is 16.7. The lowest BCUT2D eigenvalue weighted by Gasteiger charge is -2.41. The van der Waals surface area contributed by atoms with Crippen LogP contribution in [0.1, 0.15) is 204 Å². The van der Waals surface area contributed by atoms with Gasteiger partial charge in [0.25, 0.3) is 11.8 Å². The monoisotopic (exact) mass is 1150 g/mol. The first-order valence-electron chi connectivity index (χ1n) is 30.4. The van der Waals surface area contributed by atoms with Crippen LogP contribution in [0.5, 0.6) is 0 Å². The van der Waals surface area contributed by atoms with E-state index >= 15 is 9.59 Å². The Morgan fingerprint density at radius 1 is 0.541 bits per heavy atom. The minimum absolute atomic E-state index is 0.0185. The molecular weight excluding hydrogens is 1060 g/mol. The Morgan fingerprint density at radius 2 is 1.09 bits per heavy atom. The first-order chi connectivity index (χ1) is 40.9. The number of rotatable bonds is 24. The van der Waals surface area contributed by atoms with Gasteiger partial charge in [0.2, 0.25) is 23.6 Å². The number of benzene rings is 4. The van der Waals surface area contributed by atoms with Crippen molar-refractivity contribution in [2.24, 2.45) is 10.8 Å². The van der Waals surface area contributed by atoms with Gasteiger partial charge in [-0.15, -0.1) is 0 Å². The van der Waals surface area contributed by atoms with Crippen molar-refractivity contribution in [3.63, 3.8) is 0 Å². The summed E-state index contributed by atoms with van der Waals surface area (Å²) in [7, 11) is 0. The highest BCUT2D eigenvalue weighted by Crippen LogP contribution is 2.41. The van der Waals surface area contributed by atoms with E-state index in [-0.39, 0.29) is 46.4 Å². The third-order valence-corrected chi connectivity index (χ3v) is 15.9. The van der Waals surface area contributed by atoms with E-state index in [1.165, 1.54) is 0 Å². The SMILES string of the molecule is CC(C)(C)CCCCCC(=O)Nc1cccc(C(=O)N[C@H](C(=O)N2CCC(c3ccc([C@H](NC(=O)c4cccc(NC(=O)CCCCOCC(C)(C)C)c4)C(=O)N4CCCC[C@@H]4c4cccnc4)cc3)C[C@@H]2c2cccnc2)c2ccccc2)c1. The molecule has 4 heterocycles. The summed E-state index contributed by atoms with van der Waals surface area (Å²) >= 11 is 0. The summed E-state index contributed by atoms with van der Waals surface area (Å²) in [4.78, 5) is 97.6.